The molecule has 4 rings (SSSR count). The Hall–Kier alpha value is -1.99. The van der Waals surface area contributed by atoms with Crippen molar-refractivity contribution in [1.29, 1.82) is 0 Å². The summed E-state index contributed by atoms with van der Waals surface area (Å²) in [7, 11) is 2.85. The summed E-state index contributed by atoms with van der Waals surface area (Å²) in [6, 6.07) is 20.7. The monoisotopic (exact) mass is 393 g/mol. The molecule has 4 heteroatoms. The Labute approximate surface area is 171 Å². The molecule has 0 radical (unpaired) electrons. The minimum absolute atomic E-state index is 0.369. The first-order chi connectivity index (χ1) is 13.4. The van der Waals surface area contributed by atoms with E-state index in [0.717, 1.165) is 0 Å². The van der Waals surface area contributed by atoms with Crippen LogP contribution in [-0.4, -0.2) is 10.6 Å². The van der Waals surface area contributed by atoms with Crippen LogP contribution in [0.1, 0.15) is 46.2 Å². The van der Waals surface area contributed by atoms with Crippen LogP contribution >= 0.6 is 8.88 Å². The van der Waals surface area contributed by atoms with E-state index in [4.69, 9.17) is 0 Å². The standard InChI is InChI=1S/C24H32N3P/c1-16(2)18(5)26-24-23(20-14-10-11-15-21(20)25(24)6)27(28-26)22(17(3)4)19-12-8-7-9-13-19/h7-18,22,28H,1-6H3/t18-,22+/m1/s1. The lowest BCUT2D eigenvalue weighted by Crippen LogP contribution is -2.32. The summed E-state index contributed by atoms with van der Waals surface area (Å²) in [5.74, 6) is 2.51. The first kappa shape index (κ1) is 19.3. The van der Waals surface area contributed by atoms with Gasteiger partial charge in [0.1, 0.15) is 5.82 Å². The Balaban J connectivity index is 1.92. The molecule has 0 saturated heterocycles. The highest BCUT2D eigenvalue weighted by atomic mass is 31.1. The number of anilines is 2. The van der Waals surface area contributed by atoms with E-state index in [2.05, 4.69) is 110 Å². The molecule has 2 aromatic carbocycles. The van der Waals surface area contributed by atoms with Crippen molar-refractivity contribution in [3.8, 4) is 0 Å². The van der Waals surface area contributed by atoms with E-state index in [-0.39, 0.29) is 0 Å². The van der Waals surface area contributed by atoms with Crippen LogP contribution in [0.5, 0.6) is 0 Å². The van der Waals surface area contributed by atoms with Gasteiger partial charge in [-0.1, -0.05) is 76.2 Å². The molecule has 0 bridgehead atoms. The molecule has 2 heterocycles. The Morgan fingerprint density at radius 2 is 1.39 bits per heavy atom. The quantitative estimate of drug-likeness (QED) is 0.444. The number of rotatable bonds is 5. The molecule has 0 saturated carbocycles. The van der Waals surface area contributed by atoms with E-state index in [1.165, 1.54) is 28.0 Å². The number of aromatic nitrogens is 1. The highest BCUT2D eigenvalue weighted by molar-refractivity contribution is 7.43. The summed E-state index contributed by atoms with van der Waals surface area (Å²) in [5.41, 5.74) is 4.13. The lowest BCUT2D eigenvalue weighted by atomic mass is 9.95. The maximum absolute atomic E-state index is 2.68. The summed E-state index contributed by atoms with van der Waals surface area (Å²) in [6.45, 7) is 11.7. The lowest BCUT2D eigenvalue weighted by Gasteiger charge is -2.35. The lowest BCUT2D eigenvalue weighted by molar-refractivity contribution is 0.519. The predicted molar refractivity (Wildman–Crippen MR) is 125 cm³/mol. The third kappa shape index (κ3) is 3.01. The average Bonchev–Trinajstić information content (AvgIpc) is 3.20. The molecular weight excluding hydrogens is 361 g/mol. The van der Waals surface area contributed by atoms with Crippen LogP contribution in [0.25, 0.3) is 10.9 Å². The van der Waals surface area contributed by atoms with Gasteiger partial charge < -0.3 is 13.9 Å². The second kappa shape index (κ2) is 7.44. The average molecular weight is 394 g/mol. The molecule has 148 valence electrons. The number of para-hydroxylation sites is 1. The summed E-state index contributed by atoms with van der Waals surface area (Å²) in [4.78, 5) is 0. The van der Waals surface area contributed by atoms with E-state index in [1.54, 1.807) is 0 Å². The largest absolute Gasteiger partial charge is 0.329 e. The predicted octanol–water partition coefficient (Wildman–Crippen LogP) is 6.76. The molecule has 0 spiro atoms. The molecule has 0 N–H and O–H groups in total. The van der Waals surface area contributed by atoms with Crippen LogP contribution in [0.3, 0.4) is 0 Å². The van der Waals surface area contributed by atoms with Crippen LogP contribution < -0.4 is 9.34 Å². The Morgan fingerprint density at radius 1 is 0.750 bits per heavy atom. The number of nitrogens with zero attached hydrogens (tertiary/aromatic N) is 3. The van der Waals surface area contributed by atoms with Crippen LogP contribution in [0.2, 0.25) is 0 Å². The van der Waals surface area contributed by atoms with Gasteiger partial charge in [0.25, 0.3) is 0 Å². The Bertz CT molecular complexity index is 961. The number of aryl methyl sites for hydroxylation is 1. The third-order valence-electron chi connectivity index (χ3n) is 6.16. The molecule has 28 heavy (non-hydrogen) atoms. The van der Waals surface area contributed by atoms with Gasteiger partial charge in [-0.2, -0.15) is 0 Å². The normalized spacial score (nSPS) is 17.1. The Morgan fingerprint density at radius 3 is 2.04 bits per heavy atom. The highest BCUT2D eigenvalue weighted by Gasteiger charge is 2.40. The topological polar surface area (TPSA) is 11.4 Å². The van der Waals surface area contributed by atoms with Crippen molar-refractivity contribution in [1.82, 2.24) is 4.57 Å². The van der Waals surface area contributed by atoms with Gasteiger partial charge in [0.2, 0.25) is 0 Å². The van der Waals surface area contributed by atoms with Gasteiger partial charge in [-0.25, -0.2) is 0 Å². The highest BCUT2D eigenvalue weighted by Crippen LogP contribution is 2.58. The molecule has 1 aromatic heterocycles. The summed E-state index contributed by atoms with van der Waals surface area (Å²) in [5, 5.41) is 1.37. The zero-order valence-electron chi connectivity index (χ0n) is 17.8. The zero-order chi connectivity index (χ0) is 20.0. The molecule has 1 unspecified atom stereocenters. The van der Waals surface area contributed by atoms with Crippen LogP contribution in [-0.2, 0) is 7.05 Å². The zero-order valence-corrected chi connectivity index (χ0v) is 18.8. The van der Waals surface area contributed by atoms with E-state index >= 15 is 0 Å². The van der Waals surface area contributed by atoms with Crippen LogP contribution in [0.4, 0.5) is 11.5 Å². The first-order valence-corrected chi connectivity index (χ1v) is 11.3. The molecule has 1 aliphatic rings. The van der Waals surface area contributed by atoms with Gasteiger partial charge in [-0.15, -0.1) is 0 Å². The van der Waals surface area contributed by atoms with Gasteiger partial charge >= 0.3 is 0 Å². The van der Waals surface area contributed by atoms with Gasteiger partial charge in [-0.05, 0) is 30.4 Å². The number of hydrogen-bond donors (Lipinski definition) is 0. The fourth-order valence-electron chi connectivity index (χ4n) is 4.35. The van der Waals surface area contributed by atoms with E-state index in [1.807, 2.05) is 0 Å². The van der Waals surface area contributed by atoms with E-state index in [9.17, 15) is 0 Å². The van der Waals surface area contributed by atoms with Crippen molar-refractivity contribution in [2.45, 2.75) is 46.7 Å². The van der Waals surface area contributed by atoms with Crippen LogP contribution in [0, 0.1) is 11.8 Å². The fraction of sp³-hybridized carbons (Fsp3) is 0.417. The van der Waals surface area contributed by atoms with Gasteiger partial charge in [0, 0.05) is 18.5 Å². The SMILES string of the molecule is CC(C)[C@@H](C)N1PN([C@H](c2ccccc2)C(C)C)c2c1n(C)c1ccccc21. The van der Waals surface area contributed by atoms with Crippen LogP contribution in [0.15, 0.2) is 54.6 Å². The second-order valence-corrected chi connectivity index (χ2v) is 9.84. The first-order valence-electron chi connectivity index (χ1n) is 10.4. The van der Waals surface area contributed by atoms with E-state index in [0.29, 0.717) is 32.8 Å². The summed E-state index contributed by atoms with van der Waals surface area (Å²) < 4.78 is 7.72. The van der Waals surface area contributed by atoms with Gasteiger partial charge in [0.15, 0.2) is 0 Å². The maximum Gasteiger partial charge on any atom is 0.138 e. The van der Waals surface area contributed by atoms with Crippen molar-refractivity contribution >= 4 is 31.3 Å². The maximum atomic E-state index is 2.68. The van der Waals surface area contributed by atoms with Gasteiger partial charge in [0.05, 0.1) is 26.1 Å². The number of hydrogen-bond acceptors (Lipinski definition) is 2. The second-order valence-electron chi connectivity index (χ2n) is 8.67. The minimum Gasteiger partial charge on any atom is -0.329 e. The molecule has 1 aliphatic heterocycles. The molecule has 0 aliphatic carbocycles. The van der Waals surface area contributed by atoms with Crippen molar-refractivity contribution in [3.63, 3.8) is 0 Å². The Kier molecular flexibility index (Phi) is 5.14. The molecule has 3 atom stereocenters. The summed E-state index contributed by atoms with van der Waals surface area (Å²) >= 11 is 0. The van der Waals surface area contributed by atoms with Crippen molar-refractivity contribution in [2.24, 2.45) is 18.9 Å². The van der Waals surface area contributed by atoms with E-state index < -0.39 is 0 Å². The fourth-order valence-corrected chi connectivity index (χ4v) is 6.31. The molecule has 0 fully saturated rings. The number of fused-ring (bicyclic) bond motifs is 3. The third-order valence-corrected chi connectivity index (χ3v) is 7.71. The van der Waals surface area contributed by atoms with Crippen molar-refractivity contribution in [2.75, 3.05) is 9.34 Å². The van der Waals surface area contributed by atoms with Crippen molar-refractivity contribution in [3.05, 3.63) is 60.2 Å². The van der Waals surface area contributed by atoms with Crippen molar-refractivity contribution < 1.29 is 0 Å². The molecule has 3 aromatic rings. The number of benzene rings is 2. The minimum atomic E-state index is 0.369. The molecule has 3 nitrogen and oxygen atoms in total. The smallest absolute Gasteiger partial charge is 0.138 e. The molecule has 0 amide bonds. The van der Waals surface area contributed by atoms with Gasteiger partial charge in [-0.3, -0.25) is 0 Å². The summed E-state index contributed by atoms with van der Waals surface area (Å²) in [6.07, 6.45) is 0. The molecular formula is C24H32N3P.